The van der Waals surface area contributed by atoms with Gasteiger partial charge in [0.15, 0.2) is 0 Å². The summed E-state index contributed by atoms with van der Waals surface area (Å²) >= 11 is 0. The first-order valence-electron chi connectivity index (χ1n) is 6.48. The molecule has 0 spiro atoms. The lowest BCUT2D eigenvalue weighted by atomic mass is 9.84. The molecule has 4 heteroatoms. The fourth-order valence-electron chi connectivity index (χ4n) is 2.33. The van der Waals surface area contributed by atoms with Crippen molar-refractivity contribution in [1.82, 2.24) is 5.32 Å². The zero-order valence-corrected chi connectivity index (χ0v) is 11.2. The van der Waals surface area contributed by atoms with Crippen LogP contribution >= 0.6 is 0 Å². The number of carbonyl (C=O) groups is 1. The van der Waals surface area contributed by atoms with Crippen LogP contribution in [-0.2, 0) is 10.4 Å². The summed E-state index contributed by atoms with van der Waals surface area (Å²) in [6.45, 7) is 5.59. The van der Waals surface area contributed by atoms with Crippen LogP contribution < -0.4 is 5.32 Å². The second-order valence-electron chi connectivity index (χ2n) is 5.45. The van der Waals surface area contributed by atoms with Crippen LogP contribution in [0.5, 0.6) is 0 Å². The van der Waals surface area contributed by atoms with Crippen LogP contribution in [0.2, 0.25) is 0 Å². The van der Waals surface area contributed by atoms with E-state index in [0.29, 0.717) is 5.76 Å². The van der Waals surface area contributed by atoms with Crippen molar-refractivity contribution in [2.24, 2.45) is 5.92 Å². The monoisotopic (exact) mass is 251 g/mol. The Morgan fingerprint density at radius 2 is 2.22 bits per heavy atom. The van der Waals surface area contributed by atoms with E-state index in [1.165, 1.54) is 0 Å². The summed E-state index contributed by atoms with van der Waals surface area (Å²) in [4.78, 5) is 11.7. The summed E-state index contributed by atoms with van der Waals surface area (Å²) in [6, 6.07) is 1.82. The van der Waals surface area contributed by atoms with Crippen molar-refractivity contribution in [2.45, 2.75) is 45.6 Å². The van der Waals surface area contributed by atoms with Crippen LogP contribution in [0, 0.1) is 19.8 Å². The predicted molar refractivity (Wildman–Crippen MR) is 68.1 cm³/mol. The van der Waals surface area contributed by atoms with Crippen molar-refractivity contribution >= 4 is 5.91 Å². The molecule has 1 aromatic rings. The van der Waals surface area contributed by atoms with Crippen LogP contribution in [-0.4, -0.2) is 17.6 Å². The maximum absolute atomic E-state index is 11.7. The maximum atomic E-state index is 11.7. The van der Waals surface area contributed by atoms with Crippen LogP contribution in [0.25, 0.3) is 0 Å². The molecule has 18 heavy (non-hydrogen) atoms. The average Bonchev–Trinajstić information content (AvgIpc) is 2.53. The first-order valence-corrected chi connectivity index (χ1v) is 6.48. The van der Waals surface area contributed by atoms with Gasteiger partial charge >= 0.3 is 0 Å². The standard InChI is InChI=1S/C14H21NO3/c1-9-7-12(10(2)18-9)14(3,17)8-15-13(16)11-5-4-6-11/h7,11,17H,4-6,8H2,1-3H3,(H,15,16). The van der Waals surface area contributed by atoms with Crippen molar-refractivity contribution in [3.8, 4) is 0 Å². The van der Waals surface area contributed by atoms with Crippen LogP contribution in [0.4, 0.5) is 0 Å². The lowest BCUT2D eigenvalue weighted by Gasteiger charge is -2.28. The summed E-state index contributed by atoms with van der Waals surface area (Å²) < 4.78 is 5.41. The highest BCUT2D eigenvalue weighted by Crippen LogP contribution is 2.28. The molecule has 2 N–H and O–H groups in total. The molecule has 4 nitrogen and oxygen atoms in total. The van der Waals surface area contributed by atoms with Gasteiger partial charge in [-0.05, 0) is 39.7 Å². The molecule has 1 fully saturated rings. The van der Waals surface area contributed by atoms with Crippen molar-refractivity contribution in [2.75, 3.05) is 6.54 Å². The SMILES string of the molecule is Cc1cc(C(C)(O)CNC(=O)C2CCC2)c(C)o1. The quantitative estimate of drug-likeness (QED) is 0.860. The molecule has 1 heterocycles. The van der Waals surface area contributed by atoms with E-state index in [4.69, 9.17) is 4.42 Å². The van der Waals surface area contributed by atoms with Crippen LogP contribution in [0.1, 0.15) is 43.3 Å². The smallest absolute Gasteiger partial charge is 0.223 e. The molecule has 1 saturated carbocycles. The summed E-state index contributed by atoms with van der Waals surface area (Å²) in [5, 5.41) is 13.3. The molecule has 0 bridgehead atoms. The molecule has 100 valence electrons. The van der Waals surface area contributed by atoms with Gasteiger partial charge in [-0.1, -0.05) is 6.42 Å². The highest BCUT2D eigenvalue weighted by Gasteiger charge is 2.31. The van der Waals surface area contributed by atoms with Gasteiger partial charge in [0.1, 0.15) is 17.1 Å². The molecule has 1 aromatic heterocycles. The molecule has 1 unspecified atom stereocenters. The highest BCUT2D eigenvalue weighted by atomic mass is 16.3. The number of amides is 1. The number of rotatable bonds is 4. The number of hydrogen-bond acceptors (Lipinski definition) is 3. The minimum absolute atomic E-state index is 0.0550. The lowest BCUT2D eigenvalue weighted by Crippen LogP contribution is -2.42. The third-order valence-corrected chi connectivity index (χ3v) is 3.70. The van der Waals surface area contributed by atoms with E-state index in [0.717, 1.165) is 30.6 Å². The van der Waals surface area contributed by atoms with Crippen LogP contribution in [0.3, 0.4) is 0 Å². The van der Waals surface area contributed by atoms with E-state index in [2.05, 4.69) is 5.32 Å². The molecule has 0 radical (unpaired) electrons. The Bertz CT molecular complexity index is 444. The number of carbonyl (C=O) groups excluding carboxylic acids is 1. The minimum Gasteiger partial charge on any atom is -0.466 e. The zero-order chi connectivity index (χ0) is 13.3. The Morgan fingerprint density at radius 3 is 2.67 bits per heavy atom. The number of aliphatic hydroxyl groups is 1. The second kappa shape index (κ2) is 4.76. The van der Waals surface area contributed by atoms with Gasteiger partial charge in [0.2, 0.25) is 5.91 Å². The van der Waals surface area contributed by atoms with Gasteiger partial charge in [-0.25, -0.2) is 0 Å². The lowest BCUT2D eigenvalue weighted by molar-refractivity contribution is -0.128. The fraction of sp³-hybridized carbons (Fsp3) is 0.643. The first kappa shape index (κ1) is 13.1. The third-order valence-electron chi connectivity index (χ3n) is 3.70. The summed E-state index contributed by atoms with van der Waals surface area (Å²) in [6.07, 6.45) is 3.07. The van der Waals surface area contributed by atoms with Gasteiger partial charge in [0.25, 0.3) is 0 Å². The van der Waals surface area contributed by atoms with Crippen LogP contribution in [0.15, 0.2) is 10.5 Å². The normalized spacial score (nSPS) is 19.1. The van der Waals surface area contributed by atoms with E-state index < -0.39 is 5.60 Å². The molecule has 0 aromatic carbocycles. The minimum atomic E-state index is -1.08. The molecule has 0 aliphatic heterocycles. The summed E-state index contributed by atoms with van der Waals surface area (Å²) in [5.41, 5.74) is -0.338. The molecule has 1 atom stereocenters. The number of aryl methyl sites for hydroxylation is 2. The Kier molecular flexibility index (Phi) is 3.48. The fourth-order valence-corrected chi connectivity index (χ4v) is 2.33. The van der Waals surface area contributed by atoms with E-state index in [1.54, 1.807) is 6.92 Å². The Labute approximate surface area is 107 Å². The summed E-state index contributed by atoms with van der Waals surface area (Å²) in [7, 11) is 0. The zero-order valence-electron chi connectivity index (χ0n) is 11.2. The van der Waals surface area contributed by atoms with E-state index >= 15 is 0 Å². The second-order valence-corrected chi connectivity index (χ2v) is 5.45. The predicted octanol–water partition coefficient (Wildman–Crippen LogP) is 2.02. The van der Waals surface area contributed by atoms with Crippen molar-refractivity contribution in [3.05, 3.63) is 23.2 Å². The van der Waals surface area contributed by atoms with E-state index in [1.807, 2.05) is 19.9 Å². The highest BCUT2D eigenvalue weighted by molar-refractivity contribution is 5.79. The molecule has 1 aliphatic rings. The molecule has 2 rings (SSSR count). The van der Waals surface area contributed by atoms with Gasteiger partial charge in [0, 0.05) is 11.5 Å². The Morgan fingerprint density at radius 1 is 1.56 bits per heavy atom. The van der Waals surface area contributed by atoms with Crippen molar-refractivity contribution in [3.63, 3.8) is 0 Å². The maximum Gasteiger partial charge on any atom is 0.223 e. The Hall–Kier alpha value is -1.29. The van der Waals surface area contributed by atoms with Gasteiger partial charge < -0.3 is 14.8 Å². The largest absolute Gasteiger partial charge is 0.466 e. The number of hydrogen-bond donors (Lipinski definition) is 2. The third kappa shape index (κ3) is 2.58. The molecular weight excluding hydrogens is 230 g/mol. The number of nitrogens with one attached hydrogen (secondary N) is 1. The van der Waals surface area contributed by atoms with Crippen molar-refractivity contribution < 1.29 is 14.3 Å². The number of furan rings is 1. The van der Waals surface area contributed by atoms with E-state index in [9.17, 15) is 9.90 Å². The molecular formula is C14H21NO3. The first-order chi connectivity index (χ1) is 8.40. The molecule has 0 saturated heterocycles. The molecule has 1 aliphatic carbocycles. The average molecular weight is 251 g/mol. The van der Waals surface area contributed by atoms with Crippen molar-refractivity contribution in [1.29, 1.82) is 0 Å². The van der Waals surface area contributed by atoms with E-state index in [-0.39, 0.29) is 18.4 Å². The van der Waals surface area contributed by atoms with Gasteiger partial charge in [0.05, 0.1) is 6.54 Å². The Balaban J connectivity index is 1.98. The van der Waals surface area contributed by atoms with Gasteiger partial charge in [-0.2, -0.15) is 0 Å². The topological polar surface area (TPSA) is 62.5 Å². The van der Waals surface area contributed by atoms with Gasteiger partial charge in [-0.3, -0.25) is 4.79 Å². The molecule has 1 amide bonds. The van der Waals surface area contributed by atoms with Gasteiger partial charge in [-0.15, -0.1) is 0 Å². The summed E-state index contributed by atoms with van der Waals surface area (Å²) in [5.74, 6) is 1.68.